The Morgan fingerprint density at radius 2 is 1.81 bits per heavy atom. The molecule has 3 amide bonds. The molecule has 14 nitrogen and oxygen atoms in total. The number of aliphatic hydroxyl groups is 2. The number of likely N-dealkylation sites (tertiary alicyclic amines) is 1. The predicted molar refractivity (Wildman–Crippen MR) is 177 cm³/mol. The van der Waals surface area contributed by atoms with Gasteiger partial charge in [-0.3, -0.25) is 29.8 Å². The molecule has 0 radical (unpaired) electrons. The second kappa shape index (κ2) is 16.9. The van der Waals surface area contributed by atoms with E-state index in [0.717, 1.165) is 18.5 Å². The van der Waals surface area contributed by atoms with Gasteiger partial charge in [0, 0.05) is 31.3 Å². The molecule has 0 bridgehead atoms. The van der Waals surface area contributed by atoms with Crippen molar-refractivity contribution in [1.29, 1.82) is 0 Å². The number of carbonyl (C=O) groups is 3. The van der Waals surface area contributed by atoms with Crippen LogP contribution >= 0.6 is 0 Å². The Hall–Kier alpha value is -3.95. The second-order valence-electron chi connectivity index (χ2n) is 13.0. The van der Waals surface area contributed by atoms with Crippen LogP contribution in [0.4, 0.5) is 5.69 Å². The van der Waals surface area contributed by atoms with Gasteiger partial charge >= 0.3 is 0 Å². The summed E-state index contributed by atoms with van der Waals surface area (Å²) in [7, 11) is 1.54. The molecule has 5 N–H and O–H groups in total. The lowest BCUT2D eigenvalue weighted by Crippen LogP contribution is -2.58. The number of aliphatic hydroxyl groups excluding tert-OH is 2. The fourth-order valence-corrected chi connectivity index (χ4v) is 6.03. The number of nitrogens with zero attached hydrogens (tertiary/aromatic N) is 3. The molecule has 4 rings (SSSR count). The van der Waals surface area contributed by atoms with Crippen LogP contribution in [0.3, 0.4) is 0 Å². The van der Waals surface area contributed by atoms with Crippen molar-refractivity contribution in [3.05, 3.63) is 75.8 Å². The Morgan fingerprint density at radius 1 is 1.10 bits per heavy atom. The number of carbonyl (C=O) groups excluding carboxylic acids is 3. The first-order valence-electron chi connectivity index (χ1n) is 16.5. The van der Waals surface area contributed by atoms with Gasteiger partial charge in [0.05, 0.1) is 29.2 Å². The van der Waals surface area contributed by atoms with Crippen molar-refractivity contribution in [2.75, 3.05) is 26.7 Å². The third-order valence-corrected chi connectivity index (χ3v) is 9.34. The summed E-state index contributed by atoms with van der Waals surface area (Å²) in [6.07, 6.45) is 1.16. The van der Waals surface area contributed by atoms with Gasteiger partial charge in [-0.25, -0.2) is 0 Å². The SMILES string of the molecule is CN(C(=O)c1ccc([N+](=O)[O-])cc1)C(C)(C)C(O)NCCCC(NC(=O)[C@@H]1CCCN1)C(=O)N1CCC[C@H]1C(O)OCc1ccccc1. The highest BCUT2D eigenvalue weighted by molar-refractivity contribution is 5.94. The van der Waals surface area contributed by atoms with Gasteiger partial charge in [-0.2, -0.15) is 0 Å². The van der Waals surface area contributed by atoms with Crippen molar-refractivity contribution >= 4 is 23.4 Å². The molecule has 3 unspecified atom stereocenters. The summed E-state index contributed by atoms with van der Waals surface area (Å²) >= 11 is 0. The Labute approximate surface area is 281 Å². The molecule has 2 aliphatic rings. The number of likely N-dealkylation sites (N-methyl/N-ethyl adjacent to an activating group) is 1. The molecule has 0 spiro atoms. The average molecular weight is 669 g/mol. The molecule has 2 saturated heterocycles. The molecule has 5 atom stereocenters. The maximum Gasteiger partial charge on any atom is 0.269 e. The van der Waals surface area contributed by atoms with E-state index in [4.69, 9.17) is 4.74 Å². The fourth-order valence-electron chi connectivity index (χ4n) is 6.03. The van der Waals surface area contributed by atoms with Gasteiger partial charge in [0.15, 0.2) is 6.29 Å². The summed E-state index contributed by atoms with van der Waals surface area (Å²) in [5.41, 5.74) is -0.0559. The fraction of sp³-hybridized carbons (Fsp3) is 0.559. The Balaban J connectivity index is 1.35. The maximum absolute atomic E-state index is 13.9. The van der Waals surface area contributed by atoms with Gasteiger partial charge in [-0.1, -0.05) is 30.3 Å². The van der Waals surface area contributed by atoms with Crippen LogP contribution in [0.5, 0.6) is 0 Å². The average Bonchev–Trinajstić information content (AvgIpc) is 3.81. The van der Waals surface area contributed by atoms with E-state index in [-0.39, 0.29) is 48.7 Å². The first kappa shape index (κ1) is 36.9. The third kappa shape index (κ3) is 9.35. The van der Waals surface area contributed by atoms with Gasteiger partial charge < -0.3 is 35.4 Å². The molecule has 2 aliphatic heterocycles. The molecule has 14 heteroatoms. The minimum Gasteiger partial charge on any atom is -0.376 e. The minimum absolute atomic E-state index is 0.129. The summed E-state index contributed by atoms with van der Waals surface area (Å²) in [4.78, 5) is 53.5. The van der Waals surface area contributed by atoms with Crippen LogP contribution in [0.15, 0.2) is 54.6 Å². The summed E-state index contributed by atoms with van der Waals surface area (Å²) < 4.78 is 5.74. The highest BCUT2D eigenvalue weighted by atomic mass is 16.6. The number of ether oxygens (including phenoxy) is 1. The molecular weight excluding hydrogens is 620 g/mol. The quantitative estimate of drug-likeness (QED) is 0.0766. The monoisotopic (exact) mass is 668 g/mol. The van der Waals surface area contributed by atoms with E-state index in [1.165, 1.54) is 29.2 Å². The number of benzene rings is 2. The zero-order valence-corrected chi connectivity index (χ0v) is 27.8. The highest BCUT2D eigenvalue weighted by Gasteiger charge is 2.39. The Morgan fingerprint density at radius 3 is 2.46 bits per heavy atom. The number of hydrogen-bond donors (Lipinski definition) is 5. The molecule has 2 fully saturated rings. The maximum atomic E-state index is 13.9. The zero-order chi connectivity index (χ0) is 34.8. The van der Waals surface area contributed by atoms with Crippen LogP contribution in [0.1, 0.15) is 68.3 Å². The normalized spacial score (nSPS) is 19.8. The minimum atomic E-state index is -1.19. The van der Waals surface area contributed by atoms with E-state index in [1.807, 2.05) is 30.3 Å². The molecular formula is C34H48N6O8. The van der Waals surface area contributed by atoms with Crippen molar-refractivity contribution in [2.24, 2.45) is 0 Å². The summed E-state index contributed by atoms with van der Waals surface area (Å²) in [6.45, 7) is 5.02. The third-order valence-electron chi connectivity index (χ3n) is 9.34. The van der Waals surface area contributed by atoms with Gasteiger partial charge in [-0.05, 0) is 83.2 Å². The van der Waals surface area contributed by atoms with Crippen molar-refractivity contribution < 1.29 is 34.3 Å². The van der Waals surface area contributed by atoms with E-state index in [9.17, 15) is 34.7 Å². The number of rotatable bonds is 16. The van der Waals surface area contributed by atoms with Gasteiger partial charge in [0.1, 0.15) is 12.3 Å². The number of nitro groups is 1. The predicted octanol–water partition coefficient (Wildman–Crippen LogP) is 1.90. The van der Waals surface area contributed by atoms with Crippen LogP contribution in [0, 0.1) is 10.1 Å². The Kier molecular flexibility index (Phi) is 13.0. The molecule has 0 aromatic heterocycles. The molecule has 48 heavy (non-hydrogen) atoms. The summed E-state index contributed by atoms with van der Waals surface area (Å²) in [5.74, 6) is -0.955. The largest absolute Gasteiger partial charge is 0.376 e. The first-order valence-corrected chi connectivity index (χ1v) is 16.5. The number of nitrogens with one attached hydrogen (secondary N) is 3. The standard InChI is InChI=1S/C34H48N6O8/c1-34(2,38(3)30(42)24-15-17-25(18-16-24)40(46)47)33(45)36-20-8-13-27(37-29(41)26-12-7-19-35-26)31(43)39-21-9-14-28(39)32(44)48-22-23-10-5-4-6-11-23/h4-6,10-11,15-18,26-28,32-33,35-36,44-45H,7-9,12-14,19-22H2,1-3H3,(H,37,41)/t26-,27?,28-,32?,33?/m0/s1. The van der Waals surface area contributed by atoms with Crippen LogP contribution in [0.2, 0.25) is 0 Å². The lowest BCUT2D eigenvalue weighted by Gasteiger charge is -2.40. The van der Waals surface area contributed by atoms with Gasteiger partial charge in [-0.15, -0.1) is 0 Å². The van der Waals surface area contributed by atoms with Crippen molar-refractivity contribution in [2.45, 2.75) is 95.2 Å². The first-order chi connectivity index (χ1) is 22.9. The van der Waals surface area contributed by atoms with E-state index >= 15 is 0 Å². The molecule has 2 aromatic carbocycles. The lowest BCUT2D eigenvalue weighted by atomic mass is 9.99. The van der Waals surface area contributed by atoms with Crippen LogP contribution in [-0.4, -0.2) is 106 Å². The van der Waals surface area contributed by atoms with Gasteiger partial charge in [0.2, 0.25) is 11.8 Å². The van der Waals surface area contributed by atoms with Crippen LogP contribution < -0.4 is 16.0 Å². The second-order valence-corrected chi connectivity index (χ2v) is 13.0. The zero-order valence-electron chi connectivity index (χ0n) is 27.8. The molecule has 0 saturated carbocycles. The smallest absolute Gasteiger partial charge is 0.269 e. The summed E-state index contributed by atoms with van der Waals surface area (Å²) in [5, 5.41) is 42.0. The Bertz CT molecular complexity index is 1390. The number of nitro benzene ring substituents is 1. The number of non-ortho nitro benzene ring substituents is 1. The van der Waals surface area contributed by atoms with Gasteiger partial charge in [0.25, 0.3) is 11.6 Å². The molecule has 262 valence electrons. The highest BCUT2D eigenvalue weighted by Crippen LogP contribution is 2.24. The molecule has 2 aromatic rings. The number of amides is 3. The summed E-state index contributed by atoms with van der Waals surface area (Å²) in [6, 6.07) is 13.0. The lowest BCUT2D eigenvalue weighted by molar-refractivity contribution is -0.384. The van der Waals surface area contributed by atoms with Crippen molar-refractivity contribution in [3.63, 3.8) is 0 Å². The van der Waals surface area contributed by atoms with Crippen LogP contribution in [-0.2, 0) is 20.9 Å². The van der Waals surface area contributed by atoms with Crippen molar-refractivity contribution in [1.82, 2.24) is 25.8 Å². The van der Waals surface area contributed by atoms with E-state index < -0.39 is 41.0 Å². The molecule has 0 aliphatic carbocycles. The van der Waals surface area contributed by atoms with E-state index in [0.29, 0.717) is 32.2 Å². The number of hydrogen-bond acceptors (Lipinski definition) is 10. The molecule has 2 heterocycles. The van der Waals surface area contributed by atoms with Crippen molar-refractivity contribution in [3.8, 4) is 0 Å². The van der Waals surface area contributed by atoms with Crippen LogP contribution in [0.25, 0.3) is 0 Å². The van der Waals surface area contributed by atoms with E-state index in [2.05, 4.69) is 16.0 Å². The van der Waals surface area contributed by atoms with E-state index in [1.54, 1.807) is 25.8 Å². The topological polar surface area (TPSA) is 187 Å².